The molecule has 0 saturated carbocycles. The third-order valence-corrected chi connectivity index (χ3v) is 7.55. The van der Waals surface area contributed by atoms with E-state index in [0.717, 1.165) is 60.4 Å². The minimum Gasteiger partial charge on any atom is -0.460 e. The van der Waals surface area contributed by atoms with Gasteiger partial charge < -0.3 is 24.4 Å². The standard InChI is InChI=1S/C27H36N4O5S/c1-18-5-6-22(19(2)15-18)25-24(26(33)36-14-13-34-4)20(3)29-27-31(25)21(17-37-27)16-23(32)28-7-8-30-9-11-35-12-10-30/h5-6,15,17,25H,7-14,16H2,1-4H3,(H,28,32)/t25-/m1/s1. The van der Waals surface area contributed by atoms with E-state index >= 15 is 0 Å². The number of rotatable bonds is 10. The van der Waals surface area contributed by atoms with Crippen LogP contribution in [0.2, 0.25) is 0 Å². The Kier molecular flexibility index (Phi) is 9.42. The molecule has 0 bridgehead atoms. The van der Waals surface area contributed by atoms with Crippen molar-refractivity contribution in [3.05, 3.63) is 57.3 Å². The molecular formula is C27H36N4O5S. The van der Waals surface area contributed by atoms with Crippen molar-refractivity contribution in [2.45, 2.75) is 33.2 Å². The number of carbonyl (C=O) groups excluding carboxylic acids is 2. The molecule has 1 saturated heterocycles. The minimum absolute atomic E-state index is 0.0590. The van der Waals surface area contributed by atoms with E-state index in [-0.39, 0.29) is 18.9 Å². The molecule has 200 valence electrons. The summed E-state index contributed by atoms with van der Waals surface area (Å²) in [6, 6.07) is 5.76. The van der Waals surface area contributed by atoms with Crippen LogP contribution in [0.15, 0.2) is 45.6 Å². The monoisotopic (exact) mass is 528 g/mol. The summed E-state index contributed by atoms with van der Waals surface area (Å²) in [5, 5.41) is 5.77. The molecule has 1 fully saturated rings. The van der Waals surface area contributed by atoms with Crippen LogP contribution in [-0.4, -0.2) is 86.6 Å². The lowest BCUT2D eigenvalue weighted by molar-refractivity contribution is -0.141. The predicted molar refractivity (Wildman–Crippen MR) is 144 cm³/mol. The Morgan fingerprint density at radius 3 is 2.70 bits per heavy atom. The van der Waals surface area contributed by atoms with Gasteiger partial charge in [0.05, 0.1) is 43.6 Å². The number of hydrogen-bond acceptors (Lipinski definition) is 9. The van der Waals surface area contributed by atoms with Crippen molar-refractivity contribution >= 4 is 28.8 Å². The van der Waals surface area contributed by atoms with E-state index < -0.39 is 12.0 Å². The molecule has 0 aliphatic carbocycles. The predicted octanol–water partition coefficient (Wildman–Crippen LogP) is 2.91. The normalized spacial score (nSPS) is 19.9. The van der Waals surface area contributed by atoms with Gasteiger partial charge in [-0.2, -0.15) is 0 Å². The highest BCUT2D eigenvalue weighted by molar-refractivity contribution is 8.16. The molecule has 0 radical (unpaired) electrons. The van der Waals surface area contributed by atoms with Crippen molar-refractivity contribution in [2.75, 3.05) is 59.7 Å². The summed E-state index contributed by atoms with van der Waals surface area (Å²) in [5.74, 6) is -0.482. The van der Waals surface area contributed by atoms with Gasteiger partial charge in [-0.25, -0.2) is 9.79 Å². The third kappa shape index (κ3) is 6.62. The van der Waals surface area contributed by atoms with Crippen molar-refractivity contribution < 1.29 is 23.8 Å². The number of ether oxygens (including phenoxy) is 3. The van der Waals surface area contributed by atoms with Gasteiger partial charge in [0.1, 0.15) is 6.61 Å². The SMILES string of the molecule is COCCOC(=O)C1=C(C)N=C2SC=C(CC(=O)NCCN3CCOCC3)N2[C@@H]1c1ccc(C)cc1C. The minimum atomic E-state index is -0.439. The van der Waals surface area contributed by atoms with Crippen molar-refractivity contribution in [3.63, 3.8) is 0 Å². The Labute approximate surface area is 222 Å². The maximum atomic E-state index is 13.3. The summed E-state index contributed by atoms with van der Waals surface area (Å²) < 4.78 is 16.0. The van der Waals surface area contributed by atoms with Gasteiger partial charge in [0, 0.05) is 39.0 Å². The number of allylic oxidation sites excluding steroid dienone is 1. The van der Waals surface area contributed by atoms with Gasteiger partial charge in [-0.1, -0.05) is 35.5 Å². The molecule has 4 rings (SSSR count). The molecule has 1 N–H and O–H groups in total. The van der Waals surface area contributed by atoms with Crippen molar-refractivity contribution in [2.24, 2.45) is 4.99 Å². The van der Waals surface area contributed by atoms with E-state index in [1.807, 2.05) is 37.1 Å². The number of morpholine rings is 1. The molecular weight excluding hydrogens is 492 g/mol. The summed E-state index contributed by atoms with van der Waals surface area (Å²) in [5.41, 5.74) is 5.10. The highest BCUT2D eigenvalue weighted by Gasteiger charge is 2.41. The van der Waals surface area contributed by atoms with Crippen LogP contribution in [0.4, 0.5) is 0 Å². The number of thioether (sulfide) groups is 1. The van der Waals surface area contributed by atoms with E-state index in [0.29, 0.717) is 24.4 Å². The zero-order valence-electron chi connectivity index (χ0n) is 22.0. The quantitative estimate of drug-likeness (QED) is 0.366. The fourth-order valence-corrected chi connectivity index (χ4v) is 5.72. The average Bonchev–Trinajstić information content (AvgIpc) is 3.26. The lowest BCUT2D eigenvalue weighted by Gasteiger charge is -2.37. The first-order valence-corrected chi connectivity index (χ1v) is 13.5. The molecule has 0 spiro atoms. The number of aryl methyl sites for hydroxylation is 2. The van der Waals surface area contributed by atoms with E-state index in [2.05, 4.69) is 22.3 Å². The van der Waals surface area contributed by atoms with Crippen LogP contribution in [0.25, 0.3) is 0 Å². The van der Waals surface area contributed by atoms with E-state index in [1.165, 1.54) is 11.8 Å². The summed E-state index contributed by atoms with van der Waals surface area (Å²) in [6.07, 6.45) is 0.196. The molecule has 3 aliphatic rings. The van der Waals surface area contributed by atoms with Gasteiger partial charge in [0.25, 0.3) is 0 Å². The molecule has 37 heavy (non-hydrogen) atoms. The van der Waals surface area contributed by atoms with E-state index in [9.17, 15) is 9.59 Å². The summed E-state index contributed by atoms with van der Waals surface area (Å²) >= 11 is 1.47. The first-order chi connectivity index (χ1) is 17.9. The van der Waals surface area contributed by atoms with Crippen LogP contribution >= 0.6 is 11.8 Å². The molecule has 3 heterocycles. The summed E-state index contributed by atoms with van der Waals surface area (Å²) in [4.78, 5) is 35.3. The maximum Gasteiger partial charge on any atom is 0.338 e. The Morgan fingerprint density at radius 2 is 1.97 bits per heavy atom. The number of amides is 1. The van der Waals surface area contributed by atoms with Crippen molar-refractivity contribution in [1.29, 1.82) is 0 Å². The van der Waals surface area contributed by atoms with Gasteiger partial charge in [-0.3, -0.25) is 9.69 Å². The summed E-state index contributed by atoms with van der Waals surface area (Å²) in [7, 11) is 1.57. The van der Waals surface area contributed by atoms with Gasteiger partial charge in [0.15, 0.2) is 5.17 Å². The van der Waals surface area contributed by atoms with Crippen LogP contribution in [0.3, 0.4) is 0 Å². The largest absolute Gasteiger partial charge is 0.460 e. The smallest absolute Gasteiger partial charge is 0.338 e. The molecule has 0 unspecified atom stereocenters. The molecule has 1 amide bonds. The number of carbonyl (C=O) groups is 2. The number of nitrogens with zero attached hydrogens (tertiary/aromatic N) is 3. The Hall–Kier alpha value is -2.66. The number of fused-ring (bicyclic) bond motifs is 1. The third-order valence-electron chi connectivity index (χ3n) is 6.66. The highest BCUT2D eigenvalue weighted by atomic mass is 32.2. The summed E-state index contributed by atoms with van der Waals surface area (Å²) in [6.45, 7) is 11.0. The van der Waals surface area contributed by atoms with Crippen LogP contribution < -0.4 is 5.32 Å². The molecule has 1 aromatic carbocycles. The fraction of sp³-hybridized carbons (Fsp3) is 0.519. The maximum absolute atomic E-state index is 13.3. The average molecular weight is 529 g/mol. The van der Waals surface area contributed by atoms with Gasteiger partial charge in [-0.15, -0.1) is 0 Å². The topological polar surface area (TPSA) is 92.7 Å². The highest BCUT2D eigenvalue weighted by Crippen LogP contribution is 2.45. The molecule has 10 heteroatoms. The first kappa shape index (κ1) is 27.4. The number of methoxy groups -OCH3 is 1. The number of nitrogens with one attached hydrogen (secondary N) is 1. The van der Waals surface area contributed by atoms with Crippen molar-refractivity contribution in [3.8, 4) is 0 Å². The lowest BCUT2D eigenvalue weighted by atomic mass is 9.90. The second-order valence-corrected chi connectivity index (χ2v) is 10.2. The number of aliphatic imine (C=N–C) groups is 1. The van der Waals surface area contributed by atoms with Crippen LogP contribution in [0.1, 0.15) is 36.1 Å². The van der Waals surface area contributed by atoms with E-state index in [4.69, 9.17) is 19.2 Å². The van der Waals surface area contributed by atoms with Crippen LogP contribution in [0.5, 0.6) is 0 Å². The number of esters is 1. The number of benzene rings is 1. The Morgan fingerprint density at radius 1 is 1.19 bits per heavy atom. The molecule has 0 aromatic heterocycles. The lowest BCUT2D eigenvalue weighted by Crippen LogP contribution is -2.42. The van der Waals surface area contributed by atoms with Gasteiger partial charge in [-0.05, 0) is 37.3 Å². The zero-order chi connectivity index (χ0) is 26.4. The Bertz CT molecular complexity index is 1110. The molecule has 1 aromatic rings. The molecule has 9 nitrogen and oxygen atoms in total. The van der Waals surface area contributed by atoms with Crippen LogP contribution in [-0.2, 0) is 23.8 Å². The van der Waals surface area contributed by atoms with Crippen molar-refractivity contribution in [1.82, 2.24) is 15.1 Å². The fourth-order valence-electron chi connectivity index (χ4n) is 4.76. The Balaban J connectivity index is 1.54. The van der Waals surface area contributed by atoms with Gasteiger partial charge >= 0.3 is 5.97 Å². The first-order valence-electron chi connectivity index (χ1n) is 12.6. The van der Waals surface area contributed by atoms with Gasteiger partial charge in [0.2, 0.25) is 5.91 Å². The van der Waals surface area contributed by atoms with Crippen LogP contribution in [0, 0.1) is 13.8 Å². The van der Waals surface area contributed by atoms with E-state index in [1.54, 1.807) is 7.11 Å². The zero-order valence-corrected chi connectivity index (χ0v) is 22.9. The second kappa shape index (κ2) is 12.7. The number of amidine groups is 1. The molecule has 3 aliphatic heterocycles. The molecule has 1 atom stereocenters. The number of hydrogen-bond donors (Lipinski definition) is 1. The second-order valence-electron chi connectivity index (χ2n) is 9.36.